The zero-order valence-electron chi connectivity index (χ0n) is 8.30. The number of aromatic nitrogens is 1. The van der Waals surface area contributed by atoms with Gasteiger partial charge in [0.2, 0.25) is 0 Å². The van der Waals surface area contributed by atoms with Crippen molar-refractivity contribution >= 4 is 10.9 Å². The Morgan fingerprint density at radius 2 is 2.21 bits per heavy atom. The summed E-state index contributed by atoms with van der Waals surface area (Å²) >= 11 is 0. The smallest absolute Gasteiger partial charge is 0.0486 e. The highest BCUT2D eigenvalue weighted by Gasteiger charge is 2.20. The van der Waals surface area contributed by atoms with Crippen LogP contribution in [0.5, 0.6) is 0 Å². The van der Waals surface area contributed by atoms with Crippen LogP contribution in [-0.2, 0) is 0 Å². The van der Waals surface area contributed by atoms with E-state index < -0.39 is 0 Å². The van der Waals surface area contributed by atoms with Gasteiger partial charge in [0.25, 0.3) is 0 Å². The van der Waals surface area contributed by atoms with Crippen LogP contribution >= 0.6 is 0 Å². The molecule has 14 heavy (non-hydrogen) atoms. The summed E-state index contributed by atoms with van der Waals surface area (Å²) in [7, 11) is 0. The van der Waals surface area contributed by atoms with E-state index >= 15 is 0 Å². The molecule has 0 amide bonds. The van der Waals surface area contributed by atoms with Crippen molar-refractivity contribution in [3.8, 4) is 0 Å². The molecular formula is C12H14N2. The minimum Gasteiger partial charge on any atom is -0.357 e. The number of benzene rings is 1. The van der Waals surface area contributed by atoms with E-state index in [9.17, 15) is 0 Å². The summed E-state index contributed by atoms with van der Waals surface area (Å²) < 4.78 is 0. The average Bonchev–Trinajstić information content (AvgIpc) is 2.46. The summed E-state index contributed by atoms with van der Waals surface area (Å²) in [4.78, 5) is 3.50. The second kappa shape index (κ2) is 2.85. The van der Waals surface area contributed by atoms with Crippen LogP contribution in [0.2, 0.25) is 0 Å². The van der Waals surface area contributed by atoms with Crippen LogP contribution in [0, 0.1) is 6.92 Å². The van der Waals surface area contributed by atoms with Crippen molar-refractivity contribution in [1.29, 1.82) is 0 Å². The molecule has 1 aromatic heterocycles. The van der Waals surface area contributed by atoms with Crippen LogP contribution in [0.25, 0.3) is 10.9 Å². The quantitative estimate of drug-likeness (QED) is 0.703. The van der Waals surface area contributed by atoms with Crippen LogP contribution in [0.1, 0.15) is 23.7 Å². The molecule has 1 aliphatic heterocycles. The molecule has 2 heteroatoms. The third-order valence-electron chi connectivity index (χ3n) is 3.08. The van der Waals surface area contributed by atoms with Gasteiger partial charge in [0.1, 0.15) is 0 Å². The summed E-state index contributed by atoms with van der Waals surface area (Å²) in [5.74, 6) is 0. The number of H-pyrrole nitrogens is 1. The van der Waals surface area contributed by atoms with E-state index in [0.29, 0.717) is 6.04 Å². The van der Waals surface area contributed by atoms with E-state index in [1.54, 1.807) is 0 Å². The van der Waals surface area contributed by atoms with Crippen LogP contribution in [0.15, 0.2) is 24.3 Å². The monoisotopic (exact) mass is 186 g/mol. The molecule has 1 aromatic carbocycles. The number of hydrogen-bond acceptors (Lipinski definition) is 1. The van der Waals surface area contributed by atoms with Crippen molar-refractivity contribution in [1.82, 2.24) is 10.3 Å². The predicted octanol–water partition coefficient (Wildman–Crippen LogP) is 2.51. The fraction of sp³-hybridized carbons (Fsp3) is 0.333. The van der Waals surface area contributed by atoms with Gasteiger partial charge in [0.05, 0.1) is 0 Å². The Balaban J connectivity index is 2.15. The number of aromatic amines is 1. The van der Waals surface area contributed by atoms with Gasteiger partial charge in [-0.05, 0) is 36.9 Å². The average molecular weight is 186 g/mol. The van der Waals surface area contributed by atoms with E-state index in [1.807, 2.05) is 0 Å². The normalized spacial score (nSPS) is 21.1. The molecule has 2 N–H and O–H groups in total. The summed E-state index contributed by atoms with van der Waals surface area (Å²) in [6.07, 6.45) is 1.26. The van der Waals surface area contributed by atoms with Gasteiger partial charge < -0.3 is 10.3 Å². The number of aryl methyl sites for hydroxylation is 1. The first-order valence-corrected chi connectivity index (χ1v) is 5.16. The van der Waals surface area contributed by atoms with Gasteiger partial charge in [0.15, 0.2) is 0 Å². The molecule has 0 aliphatic carbocycles. The Hall–Kier alpha value is -1.28. The van der Waals surface area contributed by atoms with Crippen molar-refractivity contribution in [2.75, 3.05) is 6.54 Å². The summed E-state index contributed by atoms with van der Waals surface area (Å²) in [6, 6.07) is 9.25. The first-order valence-electron chi connectivity index (χ1n) is 5.16. The number of hydrogen-bond donors (Lipinski definition) is 2. The maximum Gasteiger partial charge on any atom is 0.0486 e. The molecule has 2 nitrogen and oxygen atoms in total. The van der Waals surface area contributed by atoms with Crippen LogP contribution in [0.3, 0.4) is 0 Å². The van der Waals surface area contributed by atoms with E-state index in [0.717, 1.165) is 6.54 Å². The molecule has 1 unspecified atom stereocenters. The van der Waals surface area contributed by atoms with Gasteiger partial charge in [-0.1, -0.05) is 18.2 Å². The molecule has 3 rings (SSSR count). The standard InChI is InChI=1S/C12H14N2/c1-8-3-2-4-9-7-11(14-12(8)9)10-5-6-13-10/h2-4,7,10,13-14H,5-6H2,1H3. The maximum atomic E-state index is 3.50. The molecule has 0 saturated carbocycles. The minimum absolute atomic E-state index is 0.557. The summed E-state index contributed by atoms with van der Waals surface area (Å²) in [6.45, 7) is 3.30. The highest BCUT2D eigenvalue weighted by Crippen LogP contribution is 2.27. The molecule has 0 bridgehead atoms. The molecule has 0 radical (unpaired) electrons. The Bertz CT molecular complexity index is 466. The lowest BCUT2D eigenvalue weighted by atomic mass is 10.0. The largest absolute Gasteiger partial charge is 0.357 e. The molecule has 72 valence electrons. The zero-order chi connectivity index (χ0) is 9.54. The van der Waals surface area contributed by atoms with Crippen molar-refractivity contribution in [2.24, 2.45) is 0 Å². The van der Waals surface area contributed by atoms with Gasteiger partial charge in [0, 0.05) is 17.3 Å². The zero-order valence-corrected chi connectivity index (χ0v) is 8.30. The Morgan fingerprint density at radius 1 is 1.36 bits per heavy atom. The molecule has 0 spiro atoms. The molecule has 1 atom stereocenters. The number of fused-ring (bicyclic) bond motifs is 1. The highest BCUT2D eigenvalue weighted by molar-refractivity contribution is 5.83. The SMILES string of the molecule is Cc1cccc2cc(C3CCN3)[nH]c12. The van der Waals surface area contributed by atoms with E-state index in [2.05, 4.69) is 41.5 Å². The molecular weight excluding hydrogens is 172 g/mol. The van der Waals surface area contributed by atoms with E-state index in [1.165, 1.54) is 28.6 Å². The van der Waals surface area contributed by atoms with Crippen molar-refractivity contribution in [2.45, 2.75) is 19.4 Å². The van der Waals surface area contributed by atoms with Crippen LogP contribution in [0.4, 0.5) is 0 Å². The minimum atomic E-state index is 0.557. The Kier molecular flexibility index (Phi) is 1.64. The third kappa shape index (κ3) is 1.07. The maximum absolute atomic E-state index is 3.50. The van der Waals surface area contributed by atoms with Crippen molar-refractivity contribution in [3.63, 3.8) is 0 Å². The van der Waals surface area contributed by atoms with Crippen LogP contribution < -0.4 is 5.32 Å². The fourth-order valence-corrected chi connectivity index (χ4v) is 2.07. The second-order valence-corrected chi connectivity index (χ2v) is 4.06. The lowest BCUT2D eigenvalue weighted by Gasteiger charge is -2.26. The first-order chi connectivity index (χ1) is 6.84. The second-order valence-electron chi connectivity index (χ2n) is 4.06. The first kappa shape index (κ1) is 8.06. The topological polar surface area (TPSA) is 27.8 Å². The van der Waals surface area contributed by atoms with E-state index in [4.69, 9.17) is 0 Å². The predicted molar refractivity (Wildman–Crippen MR) is 58.4 cm³/mol. The molecule has 2 aromatic rings. The third-order valence-corrected chi connectivity index (χ3v) is 3.08. The van der Waals surface area contributed by atoms with Gasteiger partial charge >= 0.3 is 0 Å². The molecule has 2 heterocycles. The summed E-state index contributed by atoms with van der Waals surface area (Å²) in [5, 5.41) is 4.74. The molecule has 1 saturated heterocycles. The lowest BCUT2D eigenvalue weighted by molar-refractivity contribution is 0.377. The molecule has 1 fully saturated rings. The van der Waals surface area contributed by atoms with Gasteiger partial charge in [-0.2, -0.15) is 0 Å². The Morgan fingerprint density at radius 3 is 2.86 bits per heavy atom. The van der Waals surface area contributed by atoms with Crippen LogP contribution in [-0.4, -0.2) is 11.5 Å². The summed E-state index contributed by atoms with van der Waals surface area (Å²) in [5.41, 5.74) is 3.95. The van der Waals surface area contributed by atoms with Gasteiger partial charge in [-0.25, -0.2) is 0 Å². The highest BCUT2D eigenvalue weighted by atomic mass is 15.0. The van der Waals surface area contributed by atoms with Gasteiger partial charge in [-0.3, -0.25) is 0 Å². The lowest BCUT2D eigenvalue weighted by Crippen LogP contribution is -2.35. The van der Waals surface area contributed by atoms with Crippen molar-refractivity contribution < 1.29 is 0 Å². The molecule has 1 aliphatic rings. The fourth-order valence-electron chi connectivity index (χ4n) is 2.07. The van der Waals surface area contributed by atoms with Gasteiger partial charge in [-0.15, -0.1) is 0 Å². The Labute approximate surface area is 83.3 Å². The number of rotatable bonds is 1. The van der Waals surface area contributed by atoms with E-state index in [-0.39, 0.29) is 0 Å². The number of para-hydroxylation sites is 1. The van der Waals surface area contributed by atoms with Crippen molar-refractivity contribution in [3.05, 3.63) is 35.5 Å². The number of nitrogens with one attached hydrogen (secondary N) is 2.